The number of rotatable bonds is 6. The first-order chi connectivity index (χ1) is 18.8. The van der Waals surface area contributed by atoms with E-state index in [2.05, 4.69) is 10.6 Å². The third-order valence-electron chi connectivity index (χ3n) is 9.02. The molecule has 4 amide bonds. The molecule has 3 N–H and O–H groups in total. The van der Waals surface area contributed by atoms with E-state index in [1.807, 2.05) is 6.07 Å². The van der Waals surface area contributed by atoms with Crippen LogP contribution in [0.25, 0.3) is 0 Å². The van der Waals surface area contributed by atoms with Crippen LogP contribution in [-0.2, 0) is 19.2 Å². The number of alkyl halides is 5. The standard InChI is InChI=1S/C27H36F5N5O4/c1-23(2,3)18(35-22(41)27(30,31)32)21(40)37-14-24(4-8-26(28,29)9-5-24)12-17(37)20(39)34-16(13-33)10-15-11-25(6-7-25)36-19(15)38/h15-18H,4-12,14H2,1-3H3,(H,34,39)(H,35,41)(H,36,38)/t15-,16+,17?,18-/m1/s1. The van der Waals surface area contributed by atoms with Gasteiger partial charge in [-0.25, -0.2) is 8.78 Å². The summed E-state index contributed by atoms with van der Waals surface area (Å²) in [7, 11) is 0. The summed E-state index contributed by atoms with van der Waals surface area (Å²) in [5.41, 5.74) is -2.31. The molecule has 4 rings (SSSR count). The summed E-state index contributed by atoms with van der Waals surface area (Å²) in [6, 6.07) is -2.04. The van der Waals surface area contributed by atoms with Crippen LogP contribution in [0.5, 0.6) is 0 Å². The van der Waals surface area contributed by atoms with Gasteiger partial charge in [-0.3, -0.25) is 19.2 Å². The molecule has 2 heterocycles. The fraction of sp³-hybridized carbons (Fsp3) is 0.815. The highest BCUT2D eigenvalue weighted by atomic mass is 19.4. The van der Waals surface area contributed by atoms with Crippen LogP contribution in [0.2, 0.25) is 0 Å². The fourth-order valence-corrected chi connectivity index (χ4v) is 6.40. The summed E-state index contributed by atoms with van der Waals surface area (Å²) in [5, 5.41) is 17.0. The molecule has 4 atom stereocenters. The summed E-state index contributed by atoms with van der Waals surface area (Å²) in [5.74, 6) is -7.60. The van der Waals surface area contributed by atoms with E-state index < -0.39 is 77.5 Å². The van der Waals surface area contributed by atoms with Gasteiger partial charge in [-0.1, -0.05) is 20.8 Å². The molecule has 9 nitrogen and oxygen atoms in total. The van der Waals surface area contributed by atoms with Gasteiger partial charge in [-0.15, -0.1) is 0 Å². The summed E-state index contributed by atoms with van der Waals surface area (Å²) in [6.45, 7) is 4.22. The minimum Gasteiger partial charge on any atom is -0.350 e. The first-order valence-corrected chi connectivity index (χ1v) is 13.9. The van der Waals surface area contributed by atoms with E-state index in [1.165, 1.54) is 20.8 Å². The van der Waals surface area contributed by atoms with Crippen molar-refractivity contribution in [3.05, 3.63) is 0 Å². The van der Waals surface area contributed by atoms with Crippen LogP contribution < -0.4 is 16.0 Å². The molecule has 2 aliphatic carbocycles. The first-order valence-electron chi connectivity index (χ1n) is 13.9. The number of carbonyl (C=O) groups is 4. The van der Waals surface area contributed by atoms with Gasteiger partial charge in [0, 0.05) is 30.8 Å². The van der Waals surface area contributed by atoms with E-state index in [9.17, 15) is 46.4 Å². The quantitative estimate of drug-likeness (QED) is 0.410. The Balaban J connectivity index is 1.56. The number of hydrogen-bond acceptors (Lipinski definition) is 5. The summed E-state index contributed by atoms with van der Waals surface area (Å²) in [4.78, 5) is 52.6. The second kappa shape index (κ2) is 10.4. The van der Waals surface area contributed by atoms with Crippen LogP contribution in [0.15, 0.2) is 0 Å². The Kier molecular flexibility index (Phi) is 7.84. The third kappa shape index (κ3) is 6.75. The predicted octanol–water partition coefficient (Wildman–Crippen LogP) is 2.94. The monoisotopic (exact) mass is 589 g/mol. The van der Waals surface area contributed by atoms with E-state index in [0.29, 0.717) is 6.42 Å². The van der Waals surface area contributed by atoms with E-state index >= 15 is 0 Å². The van der Waals surface area contributed by atoms with E-state index in [1.54, 1.807) is 5.32 Å². The highest BCUT2D eigenvalue weighted by molar-refractivity contribution is 5.94. The Bertz CT molecular complexity index is 1130. The van der Waals surface area contributed by atoms with Crippen molar-refractivity contribution in [2.75, 3.05) is 6.54 Å². The number of nitriles is 1. The van der Waals surface area contributed by atoms with Gasteiger partial charge in [0.15, 0.2) is 0 Å². The Morgan fingerprint density at radius 1 is 1.05 bits per heavy atom. The summed E-state index contributed by atoms with van der Waals surface area (Å²) in [6.07, 6.45) is -3.94. The maximum atomic E-state index is 14.0. The molecular formula is C27H36F5N5O4. The minimum absolute atomic E-state index is 0.00530. The lowest BCUT2D eigenvalue weighted by atomic mass is 9.71. The molecule has 1 unspecified atom stereocenters. The van der Waals surface area contributed by atoms with Crippen molar-refractivity contribution in [1.29, 1.82) is 5.26 Å². The first kappa shape index (κ1) is 31.0. The molecule has 0 bridgehead atoms. The molecule has 0 aromatic rings. The van der Waals surface area contributed by atoms with Gasteiger partial charge >= 0.3 is 12.1 Å². The van der Waals surface area contributed by atoms with Gasteiger partial charge in [-0.2, -0.15) is 18.4 Å². The van der Waals surface area contributed by atoms with E-state index in [0.717, 1.165) is 17.7 Å². The number of halogens is 5. The molecule has 14 heteroatoms. The lowest BCUT2D eigenvalue weighted by Gasteiger charge is -2.38. The van der Waals surface area contributed by atoms with Crippen LogP contribution in [0.1, 0.15) is 78.6 Å². The molecule has 0 aromatic heterocycles. The molecule has 4 fully saturated rings. The van der Waals surface area contributed by atoms with Crippen LogP contribution in [-0.4, -0.2) is 70.8 Å². The van der Waals surface area contributed by atoms with Crippen molar-refractivity contribution in [1.82, 2.24) is 20.9 Å². The summed E-state index contributed by atoms with van der Waals surface area (Å²) < 4.78 is 67.3. The fourth-order valence-electron chi connectivity index (χ4n) is 6.40. The van der Waals surface area contributed by atoms with Gasteiger partial charge in [-0.05, 0) is 55.8 Å². The Labute approximate surface area is 234 Å². The lowest BCUT2D eigenvalue weighted by Crippen LogP contribution is -2.59. The average molecular weight is 590 g/mol. The molecule has 41 heavy (non-hydrogen) atoms. The number of nitrogens with one attached hydrogen (secondary N) is 3. The van der Waals surface area contributed by atoms with Crippen molar-refractivity contribution in [2.45, 2.75) is 114 Å². The van der Waals surface area contributed by atoms with Crippen LogP contribution in [0, 0.1) is 28.1 Å². The number of hydrogen-bond donors (Lipinski definition) is 3. The Morgan fingerprint density at radius 2 is 1.66 bits per heavy atom. The molecule has 2 aliphatic heterocycles. The SMILES string of the molecule is CC(C)(C)[C@H](NC(=O)C(F)(F)F)C(=O)N1CC2(CCC(F)(F)CC2)CC1C(=O)N[C@H](C#N)C[C@@H]1CC2(CC2)NC1=O. The topological polar surface area (TPSA) is 131 Å². The second-order valence-electron chi connectivity index (χ2n) is 13.4. The molecule has 2 saturated carbocycles. The largest absolute Gasteiger partial charge is 0.471 e. The molecule has 2 saturated heterocycles. The Morgan fingerprint density at radius 3 is 2.15 bits per heavy atom. The highest BCUT2D eigenvalue weighted by Crippen LogP contribution is 2.51. The number of carbonyl (C=O) groups excluding carboxylic acids is 4. The van der Waals surface area contributed by atoms with Gasteiger partial charge in [0.2, 0.25) is 23.6 Å². The van der Waals surface area contributed by atoms with Crippen molar-refractivity contribution in [2.24, 2.45) is 16.7 Å². The van der Waals surface area contributed by atoms with Crippen molar-refractivity contribution in [3.63, 3.8) is 0 Å². The van der Waals surface area contributed by atoms with Crippen LogP contribution in [0.4, 0.5) is 22.0 Å². The van der Waals surface area contributed by atoms with Gasteiger partial charge in [0.1, 0.15) is 18.1 Å². The zero-order valence-electron chi connectivity index (χ0n) is 23.3. The molecule has 2 spiro atoms. The van der Waals surface area contributed by atoms with E-state index in [-0.39, 0.29) is 43.7 Å². The van der Waals surface area contributed by atoms with Crippen molar-refractivity contribution >= 4 is 23.6 Å². The van der Waals surface area contributed by atoms with Gasteiger partial charge in [0.05, 0.1) is 6.07 Å². The highest BCUT2D eigenvalue weighted by Gasteiger charge is 2.56. The van der Waals surface area contributed by atoms with Crippen LogP contribution in [0.3, 0.4) is 0 Å². The molecule has 4 aliphatic rings. The molecule has 228 valence electrons. The maximum absolute atomic E-state index is 14.0. The van der Waals surface area contributed by atoms with Crippen LogP contribution >= 0.6 is 0 Å². The summed E-state index contributed by atoms with van der Waals surface area (Å²) >= 11 is 0. The van der Waals surface area contributed by atoms with Crippen molar-refractivity contribution < 1.29 is 41.1 Å². The number of likely N-dealkylation sites (tertiary alicyclic amines) is 1. The van der Waals surface area contributed by atoms with Crippen molar-refractivity contribution in [3.8, 4) is 6.07 Å². The number of amides is 4. The van der Waals surface area contributed by atoms with E-state index in [4.69, 9.17) is 0 Å². The molecule has 0 radical (unpaired) electrons. The zero-order valence-corrected chi connectivity index (χ0v) is 23.3. The van der Waals surface area contributed by atoms with Gasteiger partial charge < -0.3 is 20.9 Å². The second-order valence-corrected chi connectivity index (χ2v) is 13.4. The third-order valence-corrected chi connectivity index (χ3v) is 9.02. The van der Waals surface area contributed by atoms with Gasteiger partial charge in [0.25, 0.3) is 0 Å². The zero-order chi connectivity index (χ0) is 30.6. The lowest BCUT2D eigenvalue weighted by molar-refractivity contribution is -0.176. The normalized spacial score (nSPS) is 27.6. The minimum atomic E-state index is -5.26. The Hall–Kier alpha value is -2.98. The molecular weight excluding hydrogens is 553 g/mol. The predicted molar refractivity (Wildman–Crippen MR) is 134 cm³/mol. The smallest absolute Gasteiger partial charge is 0.350 e. The number of nitrogens with zero attached hydrogens (tertiary/aromatic N) is 2. The average Bonchev–Trinajstić information content (AvgIpc) is 3.38. The maximum Gasteiger partial charge on any atom is 0.471 e. The molecule has 0 aromatic carbocycles.